The quantitative estimate of drug-likeness (QED) is 0.0274. The summed E-state index contributed by atoms with van der Waals surface area (Å²) in [6.45, 7) is 1.06. The number of H-pyrrole nitrogens is 1. The zero-order chi connectivity index (χ0) is 52.1. The van der Waals surface area contributed by atoms with E-state index >= 15 is 0 Å². The van der Waals surface area contributed by atoms with Gasteiger partial charge in [-0.2, -0.15) is 50.5 Å². The van der Waals surface area contributed by atoms with E-state index in [9.17, 15) is 57.8 Å². The monoisotopic (exact) mass is 1050 g/mol. The number of thiol groups is 4. The number of nitrogens with zero attached hydrogens (tertiary/aromatic N) is 1. The third-order valence-corrected chi connectivity index (χ3v) is 12.4. The van der Waals surface area contributed by atoms with Gasteiger partial charge in [-0.3, -0.25) is 52.7 Å². The minimum Gasteiger partial charge on any atom is -0.481 e. The number of nitrogens with one attached hydrogen (secondary N) is 9. The Bertz CT molecular complexity index is 2220. The number of rotatable bonds is 29. The van der Waals surface area contributed by atoms with Gasteiger partial charge >= 0.3 is 5.97 Å². The number of carbonyl (C=O) groups excluding carboxylic acids is 10. The summed E-state index contributed by atoms with van der Waals surface area (Å²) in [7, 11) is 0. The smallest absolute Gasteiger partial charge is 0.305 e. The molecular weight excluding hydrogens is 993 g/mol. The van der Waals surface area contributed by atoms with Crippen molar-refractivity contribution in [3.63, 3.8) is 0 Å². The van der Waals surface area contributed by atoms with E-state index in [0.717, 1.165) is 10.9 Å². The van der Waals surface area contributed by atoms with Crippen LogP contribution in [0.15, 0.2) is 30.5 Å². The molecule has 0 bridgehead atoms. The first-order chi connectivity index (χ1) is 33.3. The molecule has 0 saturated carbocycles. The van der Waals surface area contributed by atoms with Gasteiger partial charge in [-0.25, -0.2) is 0 Å². The lowest BCUT2D eigenvalue weighted by Gasteiger charge is -2.27. The highest BCUT2D eigenvalue weighted by atomic mass is 32.1. The Hall–Kier alpha value is -5.71. The van der Waals surface area contributed by atoms with Crippen molar-refractivity contribution in [1.82, 2.24) is 52.4 Å². The van der Waals surface area contributed by atoms with Crippen molar-refractivity contribution in [2.24, 2.45) is 11.5 Å². The predicted octanol–water partition coefficient (Wildman–Crippen LogP) is -3.96. The Morgan fingerprint density at radius 1 is 0.700 bits per heavy atom. The van der Waals surface area contributed by atoms with Crippen molar-refractivity contribution in [2.75, 3.05) is 42.6 Å². The fourth-order valence-corrected chi connectivity index (χ4v) is 8.30. The summed E-state index contributed by atoms with van der Waals surface area (Å²) in [5.41, 5.74) is 12.4. The molecule has 8 atom stereocenters. The van der Waals surface area contributed by atoms with Crippen LogP contribution in [0.25, 0.3) is 10.9 Å². The standard InChI is InChI=1S/C42H62N12O12S4/c1-21(55)47-26(13-22-15-45-24-8-3-2-7-23(22)24)37(61)49-27(14-34(57)58)38(62)51-30(19-69)40(64)50-28(17-67)36(60)46-16-33(56)54-12-6-10-32(54)42(66)53-31(20-70)41(65)52-29(18-68)39(63)48-25(35(44)59)9-4-5-11-43/h2-3,7-8,15,25-32,45,67-70H,4-6,9-14,16-20,43H2,1H3,(H2,44,59)(H,46,60)(H,47,55)(H,48,63)(H,49,61)(H,50,64)(H,51,62)(H,52,65)(H,53,66)(H,57,58)/t25-,26-,27-,28-,29-,30-,31-,32-/m0/s1. The van der Waals surface area contributed by atoms with E-state index < -0.39 is 126 Å². The lowest BCUT2D eigenvalue weighted by Crippen LogP contribution is -2.60. The number of primary amides is 1. The molecule has 14 N–H and O–H groups in total. The molecular formula is C42H62N12O12S4. The normalized spacial score (nSPS) is 16.2. The Morgan fingerprint density at radius 2 is 1.21 bits per heavy atom. The lowest BCUT2D eigenvalue weighted by molar-refractivity contribution is -0.141. The molecule has 28 heteroatoms. The van der Waals surface area contributed by atoms with E-state index in [0.29, 0.717) is 31.4 Å². The van der Waals surface area contributed by atoms with Crippen molar-refractivity contribution in [1.29, 1.82) is 0 Å². The summed E-state index contributed by atoms with van der Waals surface area (Å²) in [6.07, 6.45) is 2.67. The van der Waals surface area contributed by atoms with Gasteiger partial charge in [-0.05, 0) is 50.3 Å². The van der Waals surface area contributed by atoms with Gasteiger partial charge in [0.2, 0.25) is 59.1 Å². The maximum Gasteiger partial charge on any atom is 0.305 e. The van der Waals surface area contributed by atoms with Crippen LogP contribution in [0.4, 0.5) is 0 Å². The van der Waals surface area contributed by atoms with Crippen molar-refractivity contribution in [3.05, 3.63) is 36.0 Å². The molecule has 2 aromatic rings. The zero-order valence-electron chi connectivity index (χ0n) is 38.2. The summed E-state index contributed by atoms with van der Waals surface area (Å²) in [5, 5.41) is 29.9. The highest BCUT2D eigenvalue weighted by Crippen LogP contribution is 2.20. The SMILES string of the molecule is CC(=O)N[C@@H](Cc1c[nH]c2ccccc12)C(=O)N[C@@H](CC(=O)O)C(=O)N[C@@H](CS)C(=O)N[C@@H](CS)C(=O)NCC(=O)N1CCC[C@H]1C(=O)N[C@@H](CS)C(=O)N[C@@H](CS)C(=O)N[C@@H](CCCCN)C(N)=O. The minimum atomic E-state index is -1.73. The minimum absolute atomic E-state index is 0.0238. The molecule has 1 aromatic carbocycles. The molecule has 1 fully saturated rings. The summed E-state index contributed by atoms with van der Waals surface area (Å²) >= 11 is 16.6. The number of carboxylic acid groups (broad SMARTS) is 1. The molecule has 70 heavy (non-hydrogen) atoms. The molecule has 1 saturated heterocycles. The Labute approximate surface area is 425 Å². The molecule has 0 aliphatic carbocycles. The van der Waals surface area contributed by atoms with Gasteiger partial charge in [0.05, 0.1) is 13.0 Å². The number of aliphatic carboxylic acids is 1. The number of fused-ring (bicyclic) bond motifs is 1. The number of aromatic amines is 1. The van der Waals surface area contributed by atoms with Crippen LogP contribution in [0.3, 0.4) is 0 Å². The van der Waals surface area contributed by atoms with Crippen molar-refractivity contribution < 1.29 is 57.8 Å². The van der Waals surface area contributed by atoms with Crippen molar-refractivity contribution >= 4 is 126 Å². The Kier molecular flexibility index (Phi) is 24.7. The number of para-hydroxylation sites is 1. The van der Waals surface area contributed by atoms with Crippen LogP contribution in [-0.2, 0) is 59.2 Å². The van der Waals surface area contributed by atoms with Crippen LogP contribution < -0.4 is 54.0 Å². The first-order valence-corrected chi connectivity index (χ1v) is 24.7. The largest absolute Gasteiger partial charge is 0.481 e. The molecule has 386 valence electrons. The number of amides is 10. The molecule has 0 radical (unpaired) electrons. The number of nitrogens with two attached hydrogens (primary N) is 2. The summed E-state index contributed by atoms with van der Waals surface area (Å²) in [6, 6.07) is -3.16. The first kappa shape index (κ1) is 58.6. The Balaban J connectivity index is 1.58. The number of aromatic nitrogens is 1. The molecule has 0 unspecified atom stereocenters. The van der Waals surface area contributed by atoms with Crippen LogP contribution >= 0.6 is 50.5 Å². The lowest BCUT2D eigenvalue weighted by atomic mass is 10.0. The van der Waals surface area contributed by atoms with E-state index in [1.54, 1.807) is 18.3 Å². The van der Waals surface area contributed by atoms with E-state index in [4.69, 9.17) is 11.5 Å². The molecule has 0 spiro atoms. The van der Waals surface area contributed by atoms with Gasteiger partial charge in [0.15, 0.2) is 0 Å². The summed E-state index contributed by atoms with van der Waals surface area (Å²) in [4.78, 5) is 147. The number of likely N-dealkylation sites (tertiary alicyclic amines) is 1. The van der Waals surface area contributed by atoms with Gasteiger partial charge in [-0.1, -0.05) is 18.2 Å². The maximum atomic E-state index is 13.5. The van der Waals surface area contributed by atoms with E-state index in [1.807, 2.05) is 12.1 Å². The van der Waals surface area contributed by atoms with Gasteiger partial charge in [-0.15, -0.1) is 0 Å². The molecule has 1 aromatic heterocycles. The highest BCUT2D eigenvalue weighted by molar-refractivity contribution is 7.80. The Morgan fingerprint density at radius 3 is 1.76 bits per heavy atom. The molecule has 3 rings (SSSR count). The number of carbonyl (C=O) groups is 11. The van der Waals surface area contributed by atoms with Gasteiger partial charge < -0.3 is 69.0 Å². The molecule has 1 aliphatic rings. The molecule has 2 heterocycles. The molecule has 10 amide bonds. The number of unbranched alkanes of at least 4 members (excludes halogenated alkanes) is 1. The second-order valence-electron chi connectivity index (χ2n) is 16.2. The third-order valence-electron chi connectivity index (χ3n) is 11.0. The molecule has 24 nitrogen and oxygen atoms in total. The number of hydrogen-bond donors (Lipinski definition) is 16. The van der Waals surface area contributed by atoms with Crippen LogP contribution in [0.5, 0.6) is 0 Å². The number of carboxylic acids is 1. The van der Waals surface area contributed by atoms with Crippen LogP contribution in [0, 0.1) is 0 Å². The number of benzene rings is 1. The van der Waals surface area contributed by atoms with E-state index in [2.05, 4.69) is 98.0 Å². The summed E-state index contributed by atoms with van der Waals surface area (Å²) < 4.78 is 0. The fourth-order valence-electron chi connectivity index (χ4n) is 7.27. The first-order valence-electron chi connectivity index (χ1n) is 22.1. The number of hydrogen-bond acceptors (Lipinski definition) is 16. The van der Waals surface area contributed by atoms with Crippen LogP contribution in [0.1, 0.15) is 51.0 Å². The topological polar surface area (TPSA) is 375 Å². The predicted molar refractivity (Wildman–Crippen MR) is 269 cm³/mol. The van der Waals surface area contributed by atoms with Crippen molar-refractivity contribution in [2.45, 2.75) is 100 Å². The zero-order valence-corrected chi connectivity index (χ0v) is 41.8. The van der Waals surface area contributed by atoms with Crippen LogP contribution in [0.2, 0.25) is 0 Å². The van der Waals surface area contributed by atoms with E-state index in [1.165, 1.54) is 11.8 Å². The van der Waals surface area contributed by atoms with Gasteiger partial charge in [0, 0.05) is 60.0 Å². The fraction of sp³-hybridized carbons (Fsp3) is 0.548. The maximum absolute atomic E-state index is 13.5. The van der Waals surface area contributed by atoms with E-state index in [-0.39, 0.29) is 48.8 Å². The second-order valence-corrected chi connectivity index (χ2v) is 17.6. The highest BCUT2D eigenvalue weighted by Gasteiger charge is 2.37. The average Bonchev–Trinajstić information content (AvgIpc) is 3.99. The third kappa shape index (κ3) is 17.9. The van der Waals surface area contributed by atoms with Gasteiger partial charge in [0.25, 0.3) is 0 Å². The molecule has 1 aliphatic heterocycles. The van der Waals surface area contributed by atoms with Gasteiger partial charge in [0.1, 0.15) is 48.3 Å². The van der Waals surface area contributed by atoms with Crippen molar-refractivity contribution in [3.8, 4) is 0 Å². The summed E-state index contributed by atoms with van der Waals surface area (Å²) in [5.74, 6) is -10.6. The van der Waals surface area contributed by atoms with Crippen LogP contribution in [-0.4, -0.2) is 171 Å². The second kappa shape index (κ2) is 29.5. The average molecular weight is 1060 g/mol.